The maximum Gasteiger partial charge on any atom is 0.228 e. The van der Waals surface area contributed by atoms with Gasteiger partial charge in [-0.15, -0.1) is 0 Å². The number of amides is 1. The van der Waals surface area contributed by atoms with Gasteiger partial charge in [-0.25, -0.2) is 0 Å². The molecule has 19 heavy (non-hydrogen) atoms. The van der Waals surface area contributed by atoms with E-state index in [9.17, 15) is 4.79 Å². The van der Waals surface area contributed by atoms with Crippen LogP contribution >= 0.6 is 0 Å². The molecule has 1 amide bonds. The Morgan fingerprint density at radius 3 is 2.63 bits per heavy atom. The van der Waals surface area contributed by atoms with Gasteiger partial charge < -0.3 is 15.4 Å². The van der Waals surface area contributed by atoms with Gasteiger partial charge in [-0.1, -0.05) is 19.8 Å². The summed E-state index contributed by atoms with van der Waals surface area (Å²) in [5.74, 6) is 0.827. The van der Waals surface area contributed by atoms with Crippen LogP contribution in [0.4, 0.5) is 0 Å². The fourth-order valence-corrected chi connectivity index (χ4v) is 3.47. The highest BCUT2D eigenvalue weighted by molar-refractivity contribution is 5.83. The van der Waals surface area contributed by atoms with E-state index in [1.807, 2.05) is 0 Å². The average molecular weight is 268 g/mol. The Labute approximate surface area is 116 Å². The van der Waals surface area contributed by atoms with Gasteiger partial charge in [-0.05, 0) is 44.7 Å². The van der Waals surface area contributed by atoms with Crippen molar-refractivity contribution in [3.63, 3.8) is 0 Å². The Morgan fingerprint density at radius 1 is 1.32 bits per heavy atom. The zero-order valence-corrected chi connectivity index (χ0v) is 12.3. The molecule has 0 spiro atoms. The molecule has 2 unspecified atom stereocenters. The molecule has 2 atom stereocenters. The minimum absolute atomic E-state index is 0.217. The standard InChI is InChI=1S/C15H28N2O2/c1-12-5-3-4-6-13(12)17-14(18)15(11-19-2)7-9-16-10-8-15/h12-13,16H,3-11H2,1-2H3,(H,17,18). The maximum atomic E-state index is 12.7. The van der Waals surface area contributed by atoms with Gasteiger partial charge in [0.1, 0.15) is 0 Å². The van der Waals surface area contributed by atoms with Crippen molar-refractivity contribution in [1.82, 2.24) is 10.6 Å². The normalized spacial score (nSPS) is 30.8. The topological polar surface area (TPSA) is 50.4 Å². The summed E-state index contributed by atoms with van der Waals surface area (Å²) >= 11 is 0. The van der Waals surface area contributed by atoms with Crippen molar-refractivity contribution in [3.8, 4) is 0 Å². The van der Waals surface area contributed by atoms with Crippen LogP contribution < -0.4 is 10.6 Å². The molecule has 110 valence electrons. The van der Waals surface area contributed by atoms with Gasteiger partial charge in [0.05, 0.1) is 12.0 Å². The van der Waals surface area contributed by atoms with Crippen LogP contribution in [0.1, 0.15) is 45.4 Å². The highest BCUT2D eigenvalue weighted by atomic mass is 16.5. The lowest BCUT2D eigenvalue weighted by Crippen LogP contribution is -2.53. The van der Waals surface area contributed by atoms with Gasteiger partial charge in [0.15, 0.2) is 0 Å². The van der Waals surface area contributed by atoms with E-state index in [1.165, 1.54) is 19.3 Å². The average Bonchev–Trinajstić information content (AvgIpc) is 2.42. The first-order chi connectivity index (χ1) is 9.18. The van der Waals surface area contributed by atoms with Crippen molar-refractivity contribution in [1.29, 1.82) is 0 Å². The van der Waals surface area contributed by atoms with Crippen LogP contribution in [0.2, 0.25) is 0 Å². The predicted octanol–water partition coefficient (Wildman–Crippen LogP) is 1.70. The zero-order valence-electron chi connectivity index (χ0n) is 12.3. The van der Waals surface area contributed by atoms with Gasteiger partial charge in [0, 0.05) is 13.2 Å². The number of piperidine rings is 1. The van der Waals surface area contributed by atoms with Crippen LogP contribution in [0.25, 0.3) is 0 Å². The van der Waals surface area contributed by atoms with Crippen molar-refractivity contribution in [2.24, 2.45) is 11.3 Å². The molecule has 1 heterocycles. The molecule has 0 aromatic carbocycles. The Kier molecular flexibility index (Phi) is 5.22. The highest BCUT2D eigenvalue weighted by Gasteiger charge is 2.40. The lowest BCUT2D eigenvalue weighted by atomic mass is 9.77. The van der Waals surface area contributed by atoms with Gasteiger partial charge in [0.25, 0.3) is 0 Å². The predicted molar refractivity (Wildman–Crippen MR) is 76.0 cm³/mol. The Bertz CT molecular complexity index is 295. The number of rotatable bonds is 4. The molecule has 2 N–H and O–H groups in total. The van der Waals surface area contributed by atoms with Crippen LogP contribution in [0.15, 0.2) is 0 Å². The lowest BCUT2D eigenvalue weighted by Gasteiger charge is -2.38. The smallest absolute Gasteiger partial charge is 0.228 e. The number of hydrogen-bond acceptors (Lipinski definition) is 3. The number of hydrogen-bond donors (Lipinski definition) is 2. The van der Waals surface area contributed by atoms with Crippen LogP contribution in [0.3, 0.4) is 0 Å². The highest BCUT2D eigenvalue weighted by Crippen LogP contribution is 2.31. The second-order valence-electron chi connectivity index (χ2n) is 6.31. The molecule has 2 rings (SSSR count). The molecular weight excluding hydrogens is 240 g/mol. The van der Waals surface area contributed by atoms with E-state index in [4.69, 9.17) is 4.74 Å². The van der Waals surface area contributed by atoms with Crippen LogP contribution in [0.5, 0.6) is 0 Å². The molecule has 0 radical (unpaired) electrons. The maximum absolute atomic E-state index is 12.7. The molecule has 0 aromatic rings. The Hall–Kier alpha value is -0.610. The fraction of sp³-hybridized carbons (Fsp3) is 0.933. The van der Waals surface area contributed by atoms with Crippen molar-refractivity contribution >= 4 is 5.91 Å². The largest absolute Gasteiger partial charge is 0.384 e. The van der Waals surface area contributed by atoms with E-state index in [0.29, 0.717) is 18.6 Å². The third-order valence-electron chi connectivity index (χ3n) is 4.89. The summed E-state index contributed by atoms with van der Waals surface area (Å²) in [6.07, 6.45) is 6.69. The summed E-state index contributed by atoms with van der Waals surface area (Å²) < 4.78 is 5.33. The van der Waals surface area contributed by atoms with E-state index in [1.54, 1.807) is 7.11 Å². The van der Waals surface area contributed by atoms with Crippen LogP contribution in [0, 0.1) is 11.3 Å². The summed E-state index contributed by atoms with van der Waals surface area (Å²) in [4.78, 5) is 12.7. The van der Waals surface area contributed by atoms with Gasteiger partial charge in [-0.3, -0.25) is 4.79 Å². The van der Waals surface area contributed by atoms with E-state index in [0.717, 1.165) is 32.4 Å². The second-order valence-corrected chi connectivity index (χ2v) is 6.31. The lowest BCUT2D eigenvalue weighted by molar-refractivity contribution is -0.137. The summed E-state index contributed by atoms with van der Waals surface area (Å²) in [5, 5.41) is 6.65. The van der Waals surface area contributed by atoms with E-state index >= 15 is 0 Å². The molecule has 2 aliphatic rings. The van der Waals surface area contributed by atoms with Crippen molar-refractivity contribution in [2.45, 2.75) is 51.5 Å². The number of methoxy groups -OCH3 is 1. The first-order valence-corrected chi connectivity index (χ1v) is 7.68. The second kappa shape index (κ2) is 6.71. The molecule has 2 fully saturated rings. The third-order valence-corrected chi connectivity index (χ3v) is 4.89. The summed E-state index contributed by atoms with van der Waals surface area (Å²) in [6.45, 7) is 4.63. The zero-order chi connectivity index (χ0) is 13.7. The first kappa shape index (κ1) is 14.8. The molecule has 1 aliphatic carbocycles. The molecule has 1 saturated heterocycles. The molecule has 4 heteroatoms. The van der Waals surface area contributed by atoms with Gasteiger partial charge in [-0.2, -0.15) is 0 Å². The monoisotopic (exact) mass is 268 g/mol. The molecule has 1 aliphatic heterocycles. The molecule has 1 saturated carbocycles. The third kappa shape index (κ3) is 3.48. The summed E-state index contributed by atoms with van der Waals surface area (Å²) in [6, 6.07) is 0.366. The summed E-state index contributed by atoms with van der Waals surface area (Å²) in [7, 11) is 1.69. The molecule has 0 bridgehead atoms. The van der Waals surface area contributed by atoms with Gasteiger partial charge in [0.2, 0.25) is 5.91 Å². The number of nitrogens with one attached hydrogen (secondary N) is 2. The van der Waals surface area contributed by atoms with Crippen molar-refractivity contribution < 1.29 is 9.53 Å². The Morgan fingerprint density at radius 2 is 2.00 bits per heavy atom. The van der Waals surface area contributed by atoms with E-state index < -0.39 is 0 Å². The van der Waals surface area contributed by atoms with Crippen molar-refractivity contribution in [2.75, 3.05) is 26.8 Å². The minimum Gasteiger partial charge on any atom is -0.384 e. The van der Waals surface area contributed by atoms with Gasteiger partial charge >= 0.3 is 0 Å². The van der Waals surface area contributed by atoms with Crippen LogP contribution in [-0.4, -0.2) is 38.8 Å². The van der Waals surface area contributed by atoms with E-state index in [-0.39, 0.29) is 11.3 Å². The molecule has 0 aromatic heterocycles. The molecule has 4 nitrogen and oxygen atoms in total. The SMILES string of the molecule is COCC1(C(=O)NC2CCCCC2C)CCNCC1. The number of carbonyl (C=O) groups is 1. The van der Waals surface area contributed by atoms with Crippen LogP contribution in [-0.2, 0) is 9.53 Å². The minimum atomic E-state index is -0.308. The Balaban J connectivity index is 1.98. The summed E-state index contributed by atoms with van der Waals surface area (Å²) in [5.41, 5.74) is -0.308. The van der Waals surface area contributed by atoms with E-state index in [2.05, 4.69) is 17.6 Å². The fourth-order valence-electron chi connectivity index (χ4n) is 3.47. The number of ether oxygens (including phenoxy) is 1. The quantitative estimate of drug-likeness (QED) is 0.816. The first-order valence-electron chi connectivity index (χ1n) is 7.68. The number of carbonyl (C=O) groups excluding carboxylic acids is 1. The molecular formula is C15H28N2O2. The van der Waals surface area contributed by atoms with Crippen molar-refractivity contribution in [3.05, 3.63) is 0 Å².